The minimum atomic E-state index is -0.298. The van der Waals surface area contributed by atoms with E-state index < -0.39 is 0 Å². The van der Waals surface area contributed by atoms with Crippen molar-refractivity contribution in [1.82, 2.24) is 14.8 Å². The van der Waals surface area contributed by atoms with E-state index >= 15 is 0 Å². The van der Waals surface area contributed by atoms with E-state index in [0.29, 0.717) is 12.2 Å². The Hall–Kier alpha value is -1.72. The van der Waals surface area contributed by atoms with Crippen molar-refractivity contribution in [2.75, 3.05) is 6.61 Å². The van der Waals surface area contributed by atoms with Gasteiger partial charge in [0.1, 0.15) is 6.33 Å². The molecule has 0 aliphatic heterocycles. The fourth-order valence-electron chi connectivity index (χ4n) is 1.55. The van der Waals surface area contributed by atoms with Gasteiger partial charge in [-0.2, -0.15) is 0 Å². The van der Waals surface area contributed by atoms with Gasteiger partial charge in [-0.15, -0.1) is 10.2 Å². The molecule has 1 aromatic carbocycles. The fraction of sp³-hybridized carbons (Fsp3) is 0.273. The van der Waals surface area contributed by atoms with Crippen molar-refractivity contribution in [1.29, 1.82) is 0 Å². The third kappa shape index (κ3) is 2.10. The lowest BCUT2D eigenvalue weighted by Gasteiger charge is -2.11. The number of benzene rings is 1. The second-order valence-electron chi connectivity index (χ2n) is 3.51. The van der Waals surface area contributed by atoms with E-state index in [1.54, 1.807) is 6.33 Å². The summed E-state index contributed by atoms with van der Waals surface area (Å²) < 4.78 is 1.83. The van der Waals surface area contributed by atoms with Gasteiger partial charge in [0.2, 0.25) is 0 Å². The van der Waals surface area contributed by atoms with Gasteiger partial charge in [-0.25, -0.2) is 0 Å². The molecule has 0 bridgehead atoms. The summed E-state index contributed by atoms with van der Waals surface area (Å²) in [7, 11) is 0. The van der Waals surface area contributed by atoms with Gasteiger partial charge in [0, 0.05) is 12.3 Å². The standard InChI is InChI=1S/C11H14N4O/c12-10(6-7-16)11-14-13-8-15(11)9-4-2-1-3-5-9/h1-5,8,10,16H,6-7,12H2. The molecule has 1 atom stereocenters. The SMILES string of the molecule is NC(CCO)c1nncn1-c1ccccc1. The maximum atomic E-state index is 8.86. The molecule has 0 spiro atoms. The minimum Gasteiger partial charge on any atom is -0.396 e. The third-order valence-electron chi connectivity index (χ3n) is 2.38. The van der Waals surface area contributed by atoms with Gasteiger partial charge in [0.15, 0.2) is 5.82 Å². The summed E-state index contributed by atoms with van der Waals surface area (Å²) in [6.45, 7) is 0.0445. The van der Waals surface area contributed by atoms with Gasteiger partial charge < -0.3 is 10.8 Å². The number of rotatable bonds is 4. The van der Waals surface area contributed by atoms with E-state index in [0.717, 1.165) is 5.69 Å². The van der Waals surface area contributed by atoms with Crippen molar-refractivity contribution in [3.05, 3.63) is 42.5 Å². The number of hydrogen-bond donors (Lipinski definition) is 2. The Balaban J connectivity index is 2.33. The molecule has 16 heavy (non-hydrogen) atoms. The van der Waals surface area contributed by atoms with Gasteiger partial charge in [0.05, 0.1) is 6.04 Å². The predicted octanol–water partition coefficient (Wildman–Crippen LogP) is 0.649. The lowest BCUT2D eigenvalue weighted by Crippen LogP contribution is -2.17. The van der Waals surface area contributed by atoms with Crippen LogP contribution in [0.25, 0.3) is 5.69 Å². The van der Waals surface area contributed by atoms with Gasteiger partial charge in [0.25, 0.3) is 0 Å². The molecular weight excluding hydrogens is 204 g/mol. The third-order valence-corrected chi connectivity index (χ3v) is 2.38. The molecule has 0 aliphatic carbocycles. The zero-order valence-electron chi connectivity index (χ0n) is 8.82. The molecule has 1 unspecified atom stereocenters. The van der Waals surface area contributed by atoms with Crippen molar-refractivity contribution in [2.24, 2.45) is 5.73 Å². The van der Waals surface area contributed by atoms with E-state index in [1.807, 2.05) is 34.9 Å². The number of aromatic nitrogens is 3. The Bertz CT molecular complexity index is 440. The van der Waals surface area contributed by atoms with Crippen LogP contribution in [0.15, 0.2) is 36.7 Å². The smallest absolute Gasteiger partial charge is 0.154 e. The number of aliphatic hydroxyl groups is 1. The van der Waals surface area contributed by atoms with Crippen LogP contribution >= 0.6 is 0 Å². The van der Waals surface area contributed by atoms with E-state index in [1.165, 1.54) is 0 Å². The maximum absolute atomic E-state index is 8.86. The molecule has 0 fully saturated rings. The zero-order valence-corrected chi connectivity index (χ0v) is 8.82. The zero-order chi connectivity index (χ0) is 11.4. The van der Waals surface area contributed by atoms with Crippen molar-refractivity contribution >= 4 is 0 Å². The van der Waals surface area contributed by atoms with E-state index in [2.05, 4.69) is 10.2 Å². The molecule has 1 heterocycles. The molecular formula is C11H14N4O. The van der Waals surface area contributed by atoms with Gasteiger partial charge in [-0.1, -0.05) is 18.2 Å². The minimum absolute atomic E-state index is 0.0445. The first-order chi connectivity index (χ1) is 7.83. The molecule has 5 heteroatoms. The molecule has 0 saturated carbocycles. The Labute approximate surface area is 93.5 Å². The molecule has 3 N–H and O–H groups in total. The highest BCUT2D eigenvalue weighted by atomic mass is 16.3. The molecule has 5 nitrogen and oxygen atoms in total. The van der Waals surface area contributed by atoms with Crippen LogP contribution in [0.4, 0.5) is 0 Å². The average Bonchev–Trinajstić information content (AvgIpc) is 2.79. The summed E-state index contributed by atoms with van der Waals surface area (Å²) >= 11 is 0. The van der Waals surface area contributed by atoms with E-state index in [9.17, 15) is 0 Å². The number of aliphatic hydroxyl groups excluding tert-OH is 1. The molecule has 0 aliphatic rings. The second kappa shape index (κ2) is 4.87. The van der Waals surface area contributed by atoms with E-state index in [4.69, 9.17) is 10.8 Å². The molecule has 1 aromatic heterocycles. The van der Waals surface area contributed by atoms with Crippen LogP contribution in [-0.2, 0) is 0 Å². The molecule has 0 radical (unpaired) electrons. The lowest BCUT2D eigenvalue weighted by molar-refractivity contribution is 0.274. The highest BCUT2D eigenvalue weighted by Gasteiger charge is 2.13. The lowest BCUT2D eigenvalue weighted by atomic mass is 10.2. The largest absolute Gasteiger partial charge is 0.396 e. The summed E-state index contributed by atoms with van der Waals surface area (Å²) in [5.41, 5.74) is 6.87. The van der Waals surface area contributed by atoms with Crippen molar-refractivity contribution in [2.45, 2.75) is 12.5 Å². The van der Waals surface area contributed by atoms with Gasteiger partial charge >= 0.3 is 0 Å². The highest BCUT2D eigenvalue weighted by molar-refractivity contribution is 5.32. The molecule has 0 saturated heterocycles. The monoisotopic (exact) mass is 218 g/mol. The summed E-state index contributed by atoms with van der Waals surface area (Å²) in [4.78, 5) is 0. The first kappa shape index (κ1) is 10.8. The molecule has 2 rings (SSSR count). The average molecular weight is 218 g/mol. The summed E-state index contributed by atoms with van der Waals surface area (Å²) in [5, 5.41) is 16.7. The predicted molar refractivity (Wildman–Crippen MR) is 60.0 cm³/mol. The van der Waals surface area contributed by atoms with Crippen LogP contribution in [0.2, 0.25) is 0 Å². The number of nitrogens with zero attached hydrogens (tertiary/aromatic N) is 3. The van der Waals surface area contributed by atoms with Gasteiger partial charge in [-0.3, -0.25) is 4.57 Å². The molecule has 2 aromatic rings. The van der Waals surface area contributed by atoms with Crippen molar-refractivity contribution in [3.63, 3.8) is 0 Å². The van der Waals surface area contributed by atoms with Crippen LogP contribution in [0.5, 0.6) is 0 Å². The Morgan fingerprint density at radius 1 is 1.31 bits per heavy atom. The molecule has 0 amide bonds. The van der Waals surface area contributed by atoms with Crippen LogP contribution in [0, 0.1) is 0 Å². The summed E-state index contributed by atoms with van der Waals surface area (Å²) in [6, 6.07) is 9.44. The van der Waals surface area contributed by atoms with Crippen molar-refractivity contribution < 1.29 is 5.11 Å². The maximum Gasteiger partial charge on any atom is 0.154 e. The highest BCUT2D eigenvalue weighted by Crippen LogP contribution is 2.15. The quantitative estimate of drug-likeness (QED) is 0.790. The van der Waals surface area contributed by atoms with E-state index in [-0.39, 0.29) is 12.6 Å². The van der Waals surface area contributed by atoms with Gasteiger partial charge in [-0.05, 0) is 18.6 Å². The summed E-state index contributed by atoms with van der Waals surface area (Å²) in [5.74, 6) is 0.667. The first-order valence-electron chi connectivity index (χ1n) is 5.14. The van der Waals surface area contributed by atoms with Crippen LogP contribution in [0.3, 0.4) is 0 Å². The van der Waals surface area contributed by atoms with Crippen LogP contribution in [0.1, 0.15) is 18.3 Å². The Morgan fingerprint density at radius 3 is 2.75 bits per heavy atom. The normalized spacial score (nSPS) is 12.6. The molecule has 84 valence electrons. The van der Waals surface area contributed by atoms with Crippen molar-refractivity contribution in [3.8, 4) is 5.69 Å². The second-order valence-corrected chi connectivity index (χ2v) is 3.51. The number of hydrogen-bond acceptors (Lipinski definition) is 4. The first-order valence-corrected chi connectivity index (χ1v) is 5.14. The fourth-order valence-corrected chi connectivity index (χ4v) is 1.55. The number of nitrogens with two attached hydrogens (primary N) is 1. The van der Waals surface area contributed by atoms with Crippen LogP contribution in [-0.4, -0.2) is 26.5 Å². The Morgan fingerprint density at radius 2 is 2.06 bits per heavy atom. The Kier molecular flexibility index (Phi) is 3.28. The summed E-state index contributed by atoms with van der Waals surface area (Å²) in [6.07, 6.45) is 2.10. The topological polar surface area (TPSA) is 77.0 Å². The van der Waals surface area contributed by atoms with Crippen LogP contribution < -0.4 is 5.73 Å². The number of para-hydroxylation sites is 1.